The highest BCUT2D eigenvalue weighted by molar-refractivity contribution is 9.09. The van der Waals surface area contributed by atoms with E-state index in [2.05, 4.69) is 46.6 Å². The SMILES string of the molecule is CCCC(C(C)O)N1C=NCC1.CCCCCCCCCCCCCCCCCCC(C)Br. The molecule has 1 rings (SSSR count). The van der Waals surface area contributed by atoms with Crippen molar-refractivity contribution < 1.29 is 5.11 Å². The van der Waals surface area contributed by atoms with Crippen LogP contribution in [0.15, 0.2) is 4.99 Å². The monoisotopic (exact) mass is 530 g/mol. The van der Waals surface area contributed by atoms with Crippen LogP contribution in [0.1, 0.15) is 150 Å². The topological polar surface area (TPSA) is 35.8 Å². The summed E-state index contributed by atoms with van der Waals surface area (Å²) in [5, 5.41) is 9.50. The van der Waals surface area contributed by atoms with Gasteiger partial charge in [-0.3, -0.25) is 4.99 Å². The quantitative estimate of drug-likeness (QED) is 0.118. The third-order valence-electron chi connectivity index (χ3n) is 6.74. The zero-order valence-corrected chi connectivity index (χ0v) is 24.5. The Balaban J connectivity index is 0.000000716. The van der Waals surface area contributed by atoms with Crippen LogP contribution >= 0.6 is 15.9 Å². The van der Waals surface area contributed by atoms with E-state index in [9.17, 15) is 5.11 Å². The van der Waals surface area contributed by atoms with E-state index in [1.165, 1.54) is 109 Å². The molecule has 1 aliphatic rings. The molecule has 3 unspecified atom stereocenters. The van der Waals surface area contributed by atoms with Crippen LogP contribution in [0.25, 0.3) is 0 Å². The molecule has 1 N–H and O–H groups in total. The maximum atomic E-state index is 9.50. The Morgan fingerprint density at radius 1 is 0.727 bits per heavy atom. The molecule has 0 bridgehead atoms. The van der Waals surface area contributed by atoms with Gasteiger partial charge in [-0.15, -0.1) is 0 Å². The summed E-state index contributed by atoms with van der Waals surface area (Å²) in [4.78, 5) is 7.00. The lowest BCUT2D eigenvalue weighted by molar-refractivity contribution is 0.0997. The summed E-state index contributed by atoms with van der Waals surface area (Å²) in [6.07, 6.45) is 28.5. The van der Waals surface area contributed by atoms with Gasteiger partial charge < -0.3 is 10.0 Å². The number of rotatable bonds is 21. The van der Waals surface area contributed by atoms with E-state index in [0.717, 1.165) is 25.9 Å². The van der Waals surface area contributed by atoms with Crippen LogP contribution in [0, 0.1) is 0 Å². The van der Waals surface area contributed by atoms with E-state index in [-0.39, 0.29) is 12.1 Å². The second-order valence-corrected chi connectivity index (χ2v) is 11.8. The molecule has 0 spiro atoms. The lowest BCUT2D eigenvalue weighted by Gasteiger charge is -2.28. The van der Waals surface area contributed by atoms with Crippen molar-refractivity contribution >= 4 is 22.3 Å². The van der Waals surface area contributed by atoms with Gasteiger partial charge in [0.05, 0.1) is 25.0 Å². The summed E-state index contributed by atoms with van der Waals surface area (Å²) < 4.78 is 0. The van der Waals surface area contributed by atoms with E-state index < -0.39 is 0 Å². The van der Waals surface area contributed by atoms with Gasteiger partial charge in [0.25, 0.3) is 0 Å². The fourth-order valence-corrected chi connectivity index (χ4v) is 4.92. The van der Waals surface area contributed by atoms with Crippen molar-refractivity contribution in [1.82, 2.24) is 4.90 Å². The van der Waals surface area contributed by atoms with Crippen molar-refractivity contribution in [1.29, 1.82) is 0 Å². The highest BCUT2D eigenvalue weighted by atomic mass is 79.9. The maximum absolute atomic E-state index is 9.50. The van der Waals surface area contributed by atoms with Crippen LogP contribution in [-0.2, 0) is 0 Å². The summed E-state index contributed by atoms with van der Waals surface area (Å²) in [5.74, 6) is 0. The number of unbranched alkanes of at least 4 members (excludes halogenated alkanes) is 15. The van der Waals surface area contributed by atoms with E-state index in [4.69, 9.17) is 0 Å². The van der Waals surface area contributed by atoms with Gasteiger partial charge in [0, 0.05) is 11.4 Å². The summed E-state index contributed by atoms with van der Waals surface area (Å²) in [6, 6.07) is 0.265. The van der Waals surface area contributed by atoms with Crippen molar-refractivity contribution in [3.05, 3.63) is 0 Å². The second-order valence-electron chi connectivity index (χ2n) is 10.2. The Morgan fingerprint density at radius 2 is 1.18 bits per heavy atom. The fourth-order valence-electron chi connectivity index (χ4n) is 4.60. The highest BCUT2D eigenvalue weighted by Gasteiger charge is 2.21. The molecule has 0 amide bonds. The number of hydrogen-bond donors (Lipinski definition) is 1. The number of hydrogen-bond acceptors (Lipinski definition) is 3. The fraction of sp³-hybridized carbons (Fsp3) is 0.966. The van der Waals surface area contributed by atoms with Crippen LogP contribution in [-0.4, -0.2) is 46.4 Å². The van der Waals surface area contributed by atoms with E-state index >= 15 is 0 Å². The van der Waals surface area contributed by atoms with Gasteiger partial charge >= 0.3 is 0 Å². The minimum absolute atomic E-state index is 0.255. The third-order valence-corrected chi connectivity index (χ3v) is 7.20. The molecule has 3 atom stereocenters. The molecule has 1 aliphatic heterocycles. The number of aliphatic hydroxyl groups excluding tert-OH is 1. The molecule has 0 aromatic rings. The van der Waals surface area contributed by atoms with Gasteiger partial charge in [0.1, 0.15) is 0 Å². The van der Waals surface area contributed by atoms with Crippen LogP contribution in [0.3, 0.4) is 0 Å². The van der Waals surface area contributed by atoms with Crippen LogP contribution < -0.4 is 0 Å². The largest absolute Gasteiger partial charge is 0.391 e. The van der Waals surface area contributed by atoms with Crippen LogP contribution in [0.4, 0.5) is 0 Å². The number of halogens is 1. The highest BCUT2D eigenvalue weighted by Crippen LogP contribution is 2.15. The average Bonchev–Trinajstić information content (AvgIpc) is 3.31. The first kappa shape index (κ1) is 32.9. The first-order valence-corrected chi connectivity index (χ1v) is 15.5. The molecular weight excluding hydrogens is 472 g/mol. The third kappa shape index (κ3) is 22.1. The molecule has 1 heterocycles. The molecule has 33 heavy (non-hydrogen) atoms. The van der Waals surface area contributed by atoms with Crippen LogP contribution in [0.5, 0.6) is 0 Å². The summed E-state index contributed by atoms with van der Waals surface area (Å²) in [5.41, 5.74) is 0. The molecule has 0 saturated heterocycles. The van der Waals surface area contributed by atoms with Crippen molar-refractivity contribution in [3.8, 4) is 0 Å². The molecule has 198 valence electrons. The van der Waals surface area contributed by atoms with Gasteiger partial charge in [-0.2, -0.15) is 0 Å². The summed E-state index contributed by atoms with van der Waals surface area (Å²) >= 11 is 3.62. The molecular formula is C29H59BrN2O. The van der Waals surface area contributed by atoms with Gasteiger partial charge in [-0.1, -0.05) is 146 Å². The van der Waals surface area contributed by atoms with Crippen molar-refractivity contribution in [2.24, 2.45) is 4.99 Å². The van der Waals surface area contributed by atoms with Gasteiger partial charge in [-0.05, 0) is 19.8 Å². The van der Waals surface area contributed by atoms with E-state index in [0.29, 0.717) is 4.83 Å². The van der Waals surface area contributed by atoms with Crippen molar-refractivity contribution in [2.75, 3.05) is 13.1 Å². The van der Waals surface area contributed by atoms with Gasteiger partial charge in [0.15, 0.2) is 0 Å². The van der Waals surface area contributed by atoms with Crippen LogP contribution in [0.2, 0.25) is 0 Å². The Kier molecular flexibility index (Phi) is 24.9. The minimum atomic E-state index is -0.255. The normalized spacial score (nSPS) is 15.9. The summed E-state index contributed by atoms with van der Waals surface area (Å²) in [7, 11) is 0. The first-order valence-electron chi connectivity index (χ1n) is 14.6. The summed E-state index contributed by atoms with van der Waals surface area (Å²) in [6.45, 7) is 10.4. The molecule has 0 radical (unpaired) electrons. The number of aliphatic imine (C=N–C) groups is 1. The second kappa shape index (κ2) is 25.0. The molecule has 4 heteroatoms. The molecule has 0 aliphatic carbocycles. The zero-order valence-electron chi connectivity index (χ0n) is 22.9. The standard InChI is InChI=1S/C20H41Br.C9H18N2O/c1-3-4-5-6-7-8-9-10-11-12-13-14-15-16-17-18-19-20(2)21;1-3-4-9(8(2)12)11-6-5-10-7-11/h20H,3-19H2,1-2H3;7-9,12H,3-6H2,1-2H3. The predicted molar refractivity (Wildman–Crippen MR) is 153 cm³/mol. The lowest BCUT2D eigenvalue weighted by atomic mass is 10.0. The van der Waals surface area contributed by atoms with Gasteiger partial charge in [-0.25, -0.2) is 0 Å². The number of alkyl halides is 1. The predicted octanol–water partition coefficient (Wildman–Crippen LogP) is 9.30. The molecule has 0 aromatic carbocycles. The zero-order chi connectivity index (χ0) is 24.6. The first-order chi connectivity index (χ1) is 16.0. The molecule has 0 fully saturated rings. The van der Waals surface area contributed by atoms with Crippen molar-refractivity contribution in [2.45, 2.75) is 167 Å². The Morgan fingerprint density at radius 3 is 1.52 bits per heavy atom. The van der Waals surface area contributed by atoms with E-state index in [1.54, 1.807) is 0 Å². The molecule has 0 saturated carbocycles. The minimum Gasteiger partial charge on any atom is -0.391 e. The van der Waals surface area contributed by atoms with Crippen molar-refractivity contribution in [3.63, 3.8) is 0 Å². The number of aliphatic hydroxyl groups is 1. The Labute approximate surface area is 216 Å². The van der Waals surface area contributed by atoms with Gasteiger partial charge in [0.2, 0.25) is 0 Å². The maximum Gasteiger partial charge on any atom is 0.0854 e. The molecule has 3 nitrogen and oxygen atoms in total. The lowest BCUT2D eigenvalue weighted by Crippen LogP contribution is -2.40. The number of nitrogens with zero attached hydrogens (tertiary/aromatic N) is 2. The average molecular weight is 532 g/mol. The smallest absolute Gasteiger partial charge is 0.0854 e. The molecule has 0 aromatic heterocycles. The van der Waals surface area contributed by atoms with E-state index in [1.807, 2.05) is 13.3 Å². The Bertz CT molecular complexity index is 414. The Hall–Kier alpha value is -0.0900.